The van der Waals surface area contributed by atoms with E-state index in [0.29, 0.717) is 41.3 Å². The maximum Gasteiger partial charge on any atom is 0.283 e. The van der Waals surface area contributed by atoms with Gasteiger partial charge >= 0.3 is 0 Å². The topological polar surface area (TPSA) is 170 Å². The van der Waals surface area contributed by atoms with Crippen LogP contribution in [0.3, 0.4) is 0 Å². The lowest BCUT2D eigenvalue weighted by molar-refractivity contribution is -0.119. The first kappa shape index (κ1) is 32.8. The SMILES string of the molecule is COc1ccc(CN2c3ccc(C(=O)NOc4ccc(C[C@@H]5Nc6ccc(C(=O)NO)cc6NC5=O)cc4)cc3NC(=O)[C@@H]2C(C)C)cc1. The van der Waals surface area contributed by atoms with Gasteiger partial charge in [0.05, 0.1) is 29.9 Å². The average Bonchev–Trinajstić information content (AvgIpc) is 3.10. The third-order valence-electron chi connectivity index (χ3n) is 8.49. The third-order valence-corrected chi connectivity index (χ3v) is 8.49. The van der Waals surface area contributed by atoms with Crippen molar-refractivity contribution in [1.82, 2.24) is 11.0 Å². The van der Waals surface area contributed by atoms with E-state index in [9.17, 15) is 19.2 Å². The number of anilines is 4. The minimum atomic E-state index is -0.679. The standard InChI is InChI=1S/C36H36N6O7/c1-20(2)32-36(46)39-29-18-24(9-15-31(29)42(32)19-22-6-10-25(48-3)11-7-22)34(44)41-49-26-12-4-21(5-13-26)16-30-35(45)38-28-17-23(33(43)40-47)8-14-27(28)37-30/h4-15,17-18,20,30,32,37,47H,16,19H2,1-3H3,(H,38,45)(H,39,46)(H,40,43)(H,41,44)/t30-,32-/m0/s1. The zero-order valence-corrected chi connectivity index (χ0v) is 27.1. The van der Waals surface area contributed by atoms with Crippen LogP contribution in [0.2, 0.25) is 0 Å². The van der Waals surface area contributed by atoms with Crippen molar-refractivity contribution >= 4 is 46.4 Å². The van der Waals surface area contributed by atoms with Crippen molar-refractivity contribution in [3.8, 4) is 11.5 Å². The highest BCUT2D eigenvalue weighted by molar-refractivity contribution is 6.06. The van der Waals surface area contributed by atoms with Crippen LogP contribution in [0.25, 0.3) is 0 Å². The molecule has 6 N–H and O–H groups in total. The molecule has 2 heterocycles. The number of hydrogen-bond donors (Lipinski definition) is 6. The largest absolute Gasteiger partial charge is 0.497 e. The minimum absolute atomic E-state index is 0.0411. The highest BCUT2D eigenvalue weighted by Crippen LogP contribution is 2.36. The van der Waals surface area contributed by atoms with Crippen molar-refractivity contribution < 1.29 is 34.0 Å². The van der Waals surface area contributed by atoms with Crippen LogP contribution in [0.5, 0.6) is 11.5 Å². The van der Waals surface area contributed by atoms with E-state index in [1.165, 1.54) is 12.1 Å². The predicted octanol–water partition coefficient (Wildman–Crippen LogP) is 4.50. The van der Waals surface area contributed by atoms with E-state index in [0.717, 1.165) is 22.6 Å². The monoisotopic (exact) mass is 664 g/mol. The van der Waals surface area contributed by atoms with Crippen molar-refractivity contribution in [3.05, 3.63) is 107 Å². The number of carbonyl (C=O) groups is 4. The van der Waals surface area contributed by atoms with Crippen molar-refractivity contribution in [2.24, 2.45) is 5.92 Å². The summed E-state index contributed by atoms with van der Waals surface area (Å²) in [4.78, 5) is 58.3. The molecule has 0 bridgehead atoms. The molecule has 13 nitrogen and oxygen atoms in total. The molecule has 0 fully saturated rings. The molecule has 49 heavy (non-hydrogen) atoms. The maximum atomic E-state index is 13.2. The van der Waals surface area contributed by atoms with Crippen LogP contribution in [0, 0.1) is 5.92 Å². The van der Waals surface area contributed by atoms with Gasteiger partial charge in [0, 0.05) is 24.1 Å². The van der Waals surface area contributed by atoms with Gasteiger partial charge in [-0.3, -0.25) is 24.4 Å². The van der Waals surface area contributed by atoms with Crippen LogP contribution in [0.4, 0.5) is 22.7 Å². The molecule has 4 amide bonds. The van der Waals surface area contributed by atoms with E-state index in [4.69, 9.17) is 14.8 Å². The first-order valence-corrected chi connectivity index (χ1v) is 15.7. The van der Waals surface area contributed by atoms with Gasteiger partial charge in [-0.1, -0.05) is 38.1 Å². The summed E-state index contributed by atoms with van der Waals surface area (Å²) in [6, 6.07) is 23.5. The molecule has 0 unspecified atom stereocenters. The van der Waals surface area contributed by atoms with Gasteiger partial charge in [-0.15, -0.1) is 0 Å². The van der Waals surface area contributed by atoms with Gasteiger partial charge in [-0.2, -0.15) is 5.48 Å². The summed E-state index contributed by atoms with van der Waals surface area (Å²) >= 11 is 0. The van der Waals surface area contributed by atoms with E-state index >= 15 is 0 Å². The molecular weight excluding hydrogens is 628 g/mol. The van der Waals surface area contributed by atoms with Gasteiger partial charge in [0.2, 0.25) is 11.8 Å². The van der Waals surface area contributed by atoms with E-state index in [-0.39, 0.29) is 23.3 Å². The summed E-state index contributed by atoms with van der Waals surface area (Å²) in [6.07, 6.45) is 0.366. The lowest BCUT2D eigenvalue weighted by Gasteiger charge is -2.40. The highest BCUT2D eigenvalue weighted by Gasteiger charge is 2.35. The number of hydrogen-bond acceptors (Lipinski definition) is 9. The van der Waals surface area contributed by atoms with Crippen molar-refractivity contribution in [2.75, 3.05) is 28.0 Å². The molecule has 0 saturated carbocycles. The number of nitrogens with zero attached hydrogens (tertiary/aromatic N) is 1. The van der Waals surface area contributed by atoms with Crippen molar-refractivity contribution in [2.45, 2.75) is 38.9 Å². The molecule has 0 spiro atoms. The second-order valence-electron chi connectivity index (χ2n) is 12.2. The Bertz CT molecular complexity index is 1900. The predicted molar refractivity (Wildman–Crippen MR) is 183 cm³/mol. The molecule has 0 aliphatic carbocycles. The molecule has 6 rings (SSSR count). The molecule has 4 aromatic rings. The summed E-state index contributed by atoms with van der Waals surface area (Å²) in [5.74, 6) is -0.407. The smallest absolute Gasteiger partial charge is 0.283 e. The van der Waals surface area contributed by atoms with Gasteiger partial charge in [0.25, 0.3) is 11.8 Å². The Morgan fingerprint density at radius 1 is 0.796 bits per heavy atom. The van der Waals surface area contributed by atoms with E-state index in [1.54, 1.807) is 55.1 Å². The molecule has 252 valence electrons. The number of fused-ring (bicyclic) bond motifs is 2. The van der Waals surface area contributed by atoms with Gasteiger partial charge < -0.3 is 30.4 Å². The fourth-order valence-corrected chi connectivity index (χ4v) is 5.99. The van der Waals surface area contributed by atoms with Gasteiger partial charge in [-0.25, -0.2) is 5.48 Å². The van der Waals surface area contributed by atoms with Crippen molar-refractivity contribution in [3.63, 3.8) is 0 Å². The third kappa shape index (κ3) is 7.11. The Labute approximate surface area is 282 Å². The summed E-state index contributed by atoms with van der Waals surface area (Å²) in [5.41, 5.74) is 8.83. The van der Waals surface area contributed by atoms with Crippen LogP contribution in [0.15, 0.2) is 84.9 Å². The second kappa shape index (κ2) is 14.0. The van der Waals surface area contributed by atoms with E-state index in [2.05, 4.69) is 26.3 Å². The van der Waals surface area contributed by atoms with Crippen LogP contribution >= 0.6 is 0 Å². The molecule has 2 aliphatic heterocycles. The number of hydroxylamine groups is 2. The fourth-order valence-electron chi connectivity index (χ4n) is 5.99. The molecule has 2 aliphatic rings. The minimum Gasteiger partial charge on any atom is -0.497 e. The first-order valence-electron chi connectivity index (χ1n) is 15.7. The zero-order chi connectivity index (χ0) is 34.7. The zero-order valence-electron chi connectivity index (χ0n) is 27.1. The lowest BCUT2D eigenvalue weighted by atomic mass is 9.96. The van der Waals surface area contributed by atoms with Crippen LogP contribution < -0.4 is 41.4 Å². The summed E-state index contributed by atoms with van der Waals surface area (Å²) in [5, 5.41) is 17.8. The van der Waals surface area contributed by atoms with Gasteiger partial charge in [0.1, 0.15) is 17.8 Å². The van der Waals surface area contributed by atoms with Gasteiger partial charge in [0.15, 0.2) is 5.75 Å². The Balaban J connectivity index is 1.08. The Kier molecular flexibility index (Phi) is 9.35. The van der Waals surface area contributed by atoms with Crippen LogP contribution in [-0.2, 0) is 22.6 Å². The Morgan fingerprint density at radius 3 is 2.12 bits per heavy atom. The maximum absolute atomic E-state index is 13.2. The summed E-state index contributed by atoms with van der Waals surface area (Å²) in [6.45, 7) is 4.51. The fraction of sp³-hybridized carbons (Fsp3) is 0.222. The normalized spacial score (nSPS) is 16.4. The number of amides is 4. The first-order chi connectivity index (χ1) is 23.6. The quantitative estimate of drug-likeness (QED) is 0.106. The number of rotatable bonds is 10. The summed E-state index contributed by atoms with van der Waals surface area (Å²) in [7, 11) is 1.62. The average molecular weight is 665 g/mol. The number of benzene rings is 4. The molecule has 4 aromatic carbocycles. The van der Waals surface area contributed by atoms with E-state index < -0.39 is 23.9 Å². The van der Waals surface area contributed by atoms with E-state index in [1.807, 2.05) is 44.2 Å². The Hall–Kier alpha value is -6.08. The van der Waals surface area contributed by atoms with Crippen LogP contribution in [0.1, 0.15) is 45.7 Å². The van der Waals surface area contributed by atoms with Crippen LogP contribution in [-0.4, -0.2) is 48.0 Å². The number of methoxy groups -OCH3 is 1. The molecule has 0 radical (unpaired) electrons. The Morgan fingerprint density at radius 2 is 1.43 bits per heavy atom. The van der Waals surface area contributed by atoms with Crippen molar-refractivity contribution in [1.29, 1.82) is 0 Å². The molecular formula is C36H36N6O7. The molecule has 2 atom stereocenters. The second-order valence-corrected chi connectivity index (χ2v) is 12.2. The highest BCUT2D eigenvalue weighted by atomic mass is 16.7. The number of carbonyl (C=O) groups excluding carboxylic acids is 4. The number of ether oxygens (including phenoxy) is 1. The number of nitrogens with one attached hydrogen (secondary N) is 5. The molecule has 13 heteroatoms. The lowest BCUT2D eigenvalue weighted by Crippen LogP contribution is -2.50. The van der Waals surface area contributed by atoms with Gasteiger partial charge in [-0.05, 0) is 77.7 Å². The molecule has 0 aromatic heterocycles. The summed E-state index contributed by atoms with van der Waals surface area (Å²) < 4.78 is 5.28. The molecule has 0 saturated heterocycles.